The zero-order chi connectivity index (χ0) is 23.0. The van der Waals surface area contributed by atoms with Gasteiger partial charge in [-0.25, -0.2) is 9.97 Å². The molecule has 1 fully saturated rings. The molecular formula is C27H32N4O2. The van der Waals surface area contributed by atoms with Crippen molar-refractivity contribution in [2.75, 3.05) is 31.6 Å². The van der Waals surface area contributed by atoms with Crippen LogP contribution >= 0.6 is 0 Å². The van der Waals surface area contributed by atoms with Gasteiger partial charge in [0.2, 0.25) is 5.95 Å². The summed E-state index contributed by atoms with van der Waals surface area (Å²) >= 11 is 0. The van der Waals surface area contributed by atoms with Gasteiger partial charge in [-0.1, -0.05) is 42.0 Å². The highest BCUT2D eigenvalue weighted by molar-refractivity contribution is 5.72. The van der Waals surface area contributed by atoms with Crippen LogP contribution in [-0.4, -0.2) is 47.1 Å². The van der Waals surface area contributed by atoms with Crippen molar-refractivity contribution >= 4 is 17.6 Å². The monoisotopic (exact) mass is 444 g/mol. The SMILES string of the molecule is CCOC(=O)C1CCN(CCc2cccc(Nc3ncc(-c4ccc(C)cc4)cn3)c2)CC1. The molecule has 0 spiro atoms. The Morgan fingerprint density at radius 2 is 1.79 bits per heavy atom. The van der Waals surface area contributed by atoms with Crippen molar-refractivity contribution in [3.63, 3.8) is 0 Å². The van der Waals surface area contributed by atoms with Crippen LogP contribution in [0.25, 0.3) is 11.1 Å². The van der Waals surface area contributed by atoms with Crippen molar-refractivity contribution in [3.05, 3.63) is 72.1 Å². The molecule has 0 atom stereocenters. The first-order valence-electron chi connectivity index (χ1n) is 11.7. The van der Waals surface area contributed by atoms with Crippen molar-refractivity contribution in [2.45, 2.75) is 33.1 Å². The number of nitrogens with one attached hydrogen (secondary N) is 1. The highest BCUT2D eigenvalue weighted by atomic mass is 16.5. The van der Waals surface area contributed by atoms with Gasteiger partial charge in [0.15, 0.2) is 0 Å². The third kappa shape index (κ3) is 6.39. The van der Waals surface area contributed by atoms with E-state index in [1.165, 1.54) is 11.1 Å². The van der Waals surface area contributed by atoms with Crippen LogP contribution in [0.1, 0.15) is 30.9 Å². The van der Waals surface area contributed by atoms with Crippen LogP contribution in [0.5, 0.6) is 0 Å². The molecule has 0 amide bonds. The number of ether oxygens (including phenoxy) is 1. The van der Waals surface area contributed by atoms with E-state index >= 15 is 0 Å². The molecule has 0 bridgehead atoms. The van der Waals surface area contributed by atoms with Gasteiger partial charge >= 0.3 is 5.97 Å². The third-order valence-electron chi connectivity index (χ3n) is 6.14. The van der Waals surface area contributed by atoms with E-state index in [4.69, 9.17) is 4.74 Å². The molecule has 1 saturated heterocycles. The molecule has 4 rings (SSSR count). The highest BCUT2D eigenvalue weighted by Crippen LogP contribution is 2.22. The summed E-state index contributed by atoms with van der Waals surface area (Å²) in [7, 11) is 0. The molecule has 0 unspecified atom stereocenters. The number of likely N-dealkylation sites (tertiary alicyclic amines) is 1. The summed E-state index contributed by atoms with van der Waals surface area (Å²) in [5.74, 6) is 0.611. The number of nitrogens with zero attached hydrogens (tertiary/aromatic N) is 3. The van der Waals surface area contributed by atoms with Gasteiger partial charge in [-0.3, -0.25) is 4.79 Å². The molecule has 1 aliphatic rings. The fourth-order valence-corrected chi connectivity index (χ4v) is 4.16. The summed E-state index contributed by atoms with van der Waals surface area (Å²) in [4.78, 5) is 23.3. The van der Waals surface area contributed by atoms with Crippen LogP contribution in [0.4, 0.5) is 11.6 Å². The van der Waals surface area contributed by atoms with Crippen molar-refractivity contribution in [2.24, 2.45) is 5.92 Å². The molecule has 1 aliphatic heterocycles. The van der Waals surface area contributed by atoms with Gasteiger partial charge in [0, 0.05) is 30.2 Å². The standard InChI is InChI=1S/C27H32N4O2/c1-3-33-26(32)23-12-15-31(16-13-23)14-11-21-5-4-6-25(17-21)30-27-28-18-24(19-29-27)22-9-7-20(2)8-10-22/h4-10,17-19,23H,3,11-16H2,1-2H3,(H,28,29,30). The van der Waals surface area contributed by atoms with Gasteiger partial charge in [-0.05, 0) is 69.5 Å². The summed E-state index contributed by atoms with van der Waals surface area (Å²) in [6, 6.07) is 16.8. The second-order valence-corrected chi connectivity index (χ2v) is 8.60. The van der Waals surface area contributed by atoms with Crippen molar-refractivity contribution in [1.29, 1.82) is 0 Å². The Kier molecular flexibility index (Phi) is 7.68. The van der Waals surface area contributed by atoms with Crippen molar-refractivity contribution in [1.82, 2.24) is 14.9 Å². The second-order valence-electron chi connectivity index (χ2n) is 8.60. The molecule has 0 saturated carbocycles. The number of esters is 1. The average molecular weight is 445 g/mol. The number of hydrogen-bond donors (Lipinski definition) is 1. The Morgan fingerprint density at radius 3 is 2.48 bits per heavy atom. The number of carbonyl (C=O) groups is 1. The molecule has 1 aromatic heterocycles. The minimum atomic E-state index is -0.0370. The fraction of sp³-hybridized carbons (Fsp3) is 0.370. The lowest BCUT2D eigenvalue weighted by molar-refractivity contribution is -0.149. The molecular weight excluding hydrogens is 412 g/mol. The largest absolute Gasteiger partial charge is 0.466 e. The Labute approximate surface area is 196 Å². The maximum atomic E-state index is 11.9. The number of carbonyl (C=O) groups excluding carboxylic acids is 1. The van der Waals surface area contributed by atoms with E-state index in [9.17, 15) is 4.79 Å². The van der Waals surface area contributed by atoms with Gasteiger partial charge in [0.25, 0.3) is 0 Å². The molecule has 0 aliphatic carbocycles. The van der Waals surface area contributed by atoms with Gasteiger partial charge in [-0.2, -0.15) is 0 Å². The molecule has 6 nitrogen and oxygen atoms in total. The van der Waals surface area contributed by atoms with Crippen LogP contribution in [0.2, 0.25) is 0 Å². The van der Waals surface area contributed by atoms with Crippen molar-refractivity contribution < 1.29 is 9.53 Å². The topological polar surface area (TPSA) is 67.3 Å². The van der Waals surface area contributed by atoms with Gasteiger partial charge in [0.1, 0.15) is 0 Å². The lowest BCUT2D eigenvalue weighted by Crippen LogP contribution is -2.38. The van der Waals surface area contributed by atoms with E-state index in [1.807, 2.05) is 25.4 Å². The average Bonchev–Trinajstić information content (AvgIpc) is 2.84. The van der Waals surface area contributed by atoms with Gasteiger partial charge in [-0.15, -0.1) is 0 Å². The van der Waals surface area contributed by atoms with Crippen LogP contribution in [0.15, 0.2) is 60.9 Å². The fourth-order valence-electron chi connectivity index (χ4n) is 4.16. The Balaban J connectivity index is 1.28. The first-order chi connectivity index (χ1) is 16.1. The van der Waals surface area contributed by atoms with Crippen molar-refractivity contribution in [3.8, 4) is 11.1 Å². The first-order valence-corrected chi connectivity index (χ1v) is 11.7. The minimum absolute atomic E-state index is 0.0370. The predicted molar refractivity (Wildman–Crippen MR) is 131 cm³/mol. The maximum Gasteiger partial charge on any atom is 0.309 e. The maximum absolute atomic E-state index is 11.9. The molecule has 1 N–H and O–H groups in total. The quantitative estimate of drug-likeness (QED) is 0.493. The number of anilines is 2. The Morgan fingerprint density at radius 1 is 1.06 bits per heavy atom. The molecule has 0 radical (unpaired) electrons. The third-order valence-corrected chi connectivity index (χ3v) is 6.14. The predicted octanol–water partition coefficient (Wildman–Crippen LogP) is 5.01. The summed E-state index contributed by atoms with van der Waals surface area (Å²) in [6.45, 7) is 7.29. The van der Waals surface area contributed by atoms with Crippen LogP contribution in [0, 0.1) is 12.8 Å². The Hall–Kier alpha value is -3.25. The Bertz CT molecular complexity index is 1040. The summed E-state index contributed by atoms with van der Waals surface area (Å²) in [5, 5.41) is 3.31. The minimum Gasteiger partial charge on any atom is -0.466 e. The van der Waals surface area contributed by atoms with E-state index in [0.29, 0.717) is 12.6 Å². The zero-order valence-electron chi connectivity index (χ0n) is 19.5. The molecule has 6 heteroatoms. The summed E-state index contributed by atoms with van der Waals surface area (Å²) < 4.78 is 5.17. The number of rotatable bonds is 8. The normalized spacial score (nSPS) is 14.7. The summed E-state index contributed by atoms with van der Waals surface area (Å²) in [6.07, 6.45) is 6.44. The lowest BCUT2D eigenvalue weighted by Gasteiger charge is -2.30. The van der Waals surface area contributed by atoms with Gasteiger partial charge in [0.05, 0.1) is 12.5 Å². The first kappa shape index (κ1) is 22.9. The molecule has 2 heterocycles. The van der Waals surface area contributed by atoms with E-state index in [1.54, 1.807) is 0 Å². The zero-order valence-corrected chi connectivity index (χ0v) is 19.5. The highest BCUT2D eigenvalue weighted by Gasteiger charge is 2.25. The number of aryl methyl sites for hydroxylation is 1. The number of hydrogen-bond acceptors (Lipinski definition) is 6. The molecule has 3 aromatic rings. The molecule has 33 heavy (non-hydrogen) atoms. The van der Waals surface area contributed by atoms with E-state index in [-0.39, 0.29) is 11.9 Å². The number of aromatic nitrogens is 2. The number of benzene rings is 2. The van der Waals surface area contributed by atoms with Crippen LogP contribution < -0.4 is 5.32 Å². The van der Waals surface area contributed by atoms with Gasteiger partial charge < -0.3 is 15.0 Å². The van der Waals surface area contributed by atoms with Crippen LogP contribution in [-0.2, 0) is 16.0 Å². The molecule has 2 aromatic carbocycles. The second kappa shape index (κ2) is 11.1. The smallest absolute Gasteiger partial charge is 0.309 e. The number of piperidine rings is 1. The van der Waals surface area contributed by atoms with E-state index in [2.05, 4.69) is 69.6 Å². The molecule has 172 valence electrons. The van der Waals surface area contributed by atoms with E-state index in [0.717, 1.165) is 55.7 Å². The van der Waals surface area contributed by atoms with Crippen LogP contribution in [0.3, 0.4) is 0 Å². The summed E-state index contributed by atoms with van der Waals surface area (Å²) in [5.41, 5.74) is 5.60. The lowest BCUT2D eigenvalue weighted by atomic mass is 9.96. The van der Waals surface area contributed by atoms with E-state index < -0.39 is 0 Å².